The highest BCUT2D eigenvalue weighted by Crippen LogP contribution is 2.45. The van der Waals surface area contributed by atoms with Crippen molar-refractivity contribution in [2.24, 2.45) is 5.92 Å². The summed E-state index contributed by atoms with van der Waals surface area (Å²) in [6, 6.07) is 0. The lowest BCUT2D eigenvalue weighted by Gasteiger charge is -2.28. The molecule has 0 spiro atoms. The van der Waals surface area contributed by atoms with Crippen molar-refractivity contribution in [1.29, 1.82) is 0 Å². The molecule has 0 aromatic carbocycles. The summed E-state index contributed by atoms with van der Waals surface area (Å²) in [4.78, 5) is 15.8. The fourth-order valence-electron chi connectivity index (χ4n) is 2.58. The molecule has 6 nitrogen and oxygen atoms in total. The van der Waals surface area contributed by atoms with E-state index >= 15 is 0 Å². The van der Waals surface area contributed by atoms with Gasteiger partial charge in [0.15, 0.2) is 5.82 Å². The zero-order valence-corrected chi connectivity index (χ0v) is 12.6. The number of hydrogen-bond donors (Lipinski definition) is 2. The fourth-order valence-corrected chi connectivity index (χ4v) is 2.58. The monoisotopic (exact) mass is 281 g/mol. The number of rotatable bonds is 6. The summed E-state index contributed by atoms with van der Waals surface area (Å²) in [5, 5.41) is 17.4. The van der Waals surface area contributed by atoms with E-state index in [1.54, 1.807) is 6.92 Å². The molecular weight excluding hydrogens is 258 g/mol. The van der Waals surface area contributed by atoms with Gasteiger partial charge in [-0.1, -0.05) is 19.0 Å². The van der Waals surface area contributed by atoms with Crippen LogP contribution in [0.15, 0.2) is 4.52 Å². The van der Waals surface area contributed by atoms with Crippen LogP contribution in [-0.4, -0.2) is 21.2 Å². The lowest BCUT2D eigenvalue weighted by atomic mass is 9.91. The smallest absolute Gasteiger partial charge is 0.258 e. The van der Waals surface area contributed by atoms with Crippen molar-refractivity contribution in [2.75, 3.05) is 0 Å². The van der Waals surface area contributed by atoms with Gasteiger partial charge in [0.05, 0.1) is 0 Å². The summed E-state index contributed by atoms with van der Waals surface area (Å²) < 4.78 is 5.26. The molecule has 1 amide bonds. The van der Waals surface area contributed by atoms with E-state index in [2.05, 4.69) is 15.5 Å². The van der Waals surface area contributed by atoms with Crippen LogP contribution in [-0.2, 0) is 15.9 Å². The molecule has 1 unspecified atom stereocenters. The fraction of sp³-hybridized carbons (Fsp3) is 0.786. The first-order valence-electron chi connectivity index (χ1n) is 7.21. The zero-order chi connectivity index (χ0) is 15.0. The molecule has 1 atom stereocenters. The highest BCUT2D eigenvalue weighted by atomic mass is 16.5. The zero-order valence-electron chi connectivity index (χ0n) is 12.6. The van der Waals surface area contributed by atoms with Gasteiger partial charge in [-0.15, -0.1) is 0 Å². The molecule has 1 aliphatic carbocycles. The number of carbonyl (C=O) groups is 1. The van der Waals surface area contributed by atoms with Gasteiger partial charge >= 0.3 is 0 Å². The van der Waals surface area contributed by atoms with Gasteiger partial charge < -0.3 is 14.9 Å². The summed E-state index contributed by atoms with van der Waals surface area (Å²) in [5.41, 5.74) is -1.71. The normalized spacial score (nSPS) is 18.6. The van der Waals surface area contributed by atoms with Gasteiger partial charge in [0, 0.05) is 6.92 Å². The van der Waals surface area contributed by atoms with Gasteiger partial charge in [-0.3, -0.25) is 4.79 Å². The molecule has 1 aliphatic rings. The van der Waals surface area contributed by atoms with Gasteiger partial charge in [-0.2, -0.15) is 4.98 Å². The molecule has 112 valence electrons. The van der Waals surface area contributed by atoms with Crippen LogP contribution in [0.2, 0.25) is 0 Å². The number of hydrogen-bond acceptors (Lipinski definition) is 5. The number of carbonyl (C=O) groups excluding carboxylic acids is 1. The Bertz CT molecular complexity index is 488. The maximum Gasteiger partial charge on any atom is 0.258 e. The van der Waals surface area contributed by atoms with Crippen molar-refractivity contribution in [3.05, 3.63) is 11.7 Å². The molecule has 0 radical (unpaired) electrons. The number of nitrogens with zero attached hydrogens (tertiary/aromatic N) is 2. The summed E-state index contributed by atoms with van der Waals surface area (Å²) in [6.07, 6.45) is 3.27. The standard InChI is InChI=1S/C14H23N3O3/c1-5-14(6-2,16-9(3)18)11-15-12(20-17-11)13(4,19)10-7-8-10/h10,19H,5-8H2,1-4H3,(H,16,18). The van der Waals surface area contributed by atoms with Crippen molar-refractivity contribution >= 4 is 5.91 Å². The Morgan fingerprint density at radius 2 is 2.05 bits per heavy atom. The predicted molar refractivity (Wildman–Crippen MR) is 72.7 cm³/mol. The molecule has 0 bridgehead atoms. The molecular formula is C14H23N3O3. The first-order valence-corrected chi connectivity index (χ1v) is 7.21. The molecule has 20 heavy (non-hydrogen) atoms. The summed E-state index contributed by atoms with van der Waals surface area (Å²) in [5.74, 6) is 0.739. The Kier molecular flexibility index (Phi) is 3.86. The Morgan fingerprint density at radius 1 is 1.45 bits per heavy atom. The van der Waals surface area contributed by atoms with E-state index in [-0.39, 0.29) is 17.7 Å². The van der Waals surface area contributed by atoms with Crippen LogP contribution in [0.3, 0.4) is 0 Å². The largest absolute Gasteiger partial charge is 0.380 e. The molecule has 0 saturated heterocycles. The van der Waals surface area contributed by atoms with Gasteiger partial charge in [-0.25, -0.2) is 0 Å². The van der Waals surface area contributed by atoms with Crippen LogP contribution in [0.4, 0.5) is 0 Å². The van der Waals surface area contributed by atoms with Crippen molar-refractivity contribution < 1.29 is 14.4 Å². The number of amides is 1. The average Bonchev–Trinajstić information content (AvgIpc) is 3.14. The average molecular weight is 281 g/mol. The highest BCUT2D eigenvalue weighted by molar-refractivity contribution is 5.73. The topological polar surface area (TPSA) is 88.2 Å². The van der Waals surface area contributed by atoms with E-state index in [0.717, 1.165) is 12.8 Å². The minimum Gasteiger partial charge on any atom is -0.380 e. The maximum atomic E-state index is 11.4. The Balaban J connectivity index is 2.31. The lowest BCUT2D eigenvalue weighted by molar-refractivity contribution is -0.121. The van der Waals surface area contributed by atoms with E-state index < -0.39 is 11.1 Å². The van der Waals surface area contributed by atoms with Crippen LogP contribution in [0.25, 0.3) is 0 Å². The van der Waals surface area contributed by atoms with Crippen LogP contribution in [0, 0.1) is 5.92 Å². The van der Waals surface area contributed by atoms with E-state index in [1.807, 2.05) is 13.8 Å². The number of aliphatic hydroxyl groups is 1. The number of nitrogens with one attached hydrogen (secondary N) is 1. The van der Waals surface area contributed by atoms with Gasteiger partial charge in [0.2, 0.25) is 5.91 Å². The second kappa shape index (κ2) is 5.16. The second-order valence-electron chi connectivity index (χ2n) is 5.82. The van der Waals surface area contributed by atoms with Crippen LogP contribution < -0.4 is 5.32 Å². The lowest BCUT2D eigenvalue weighted by Crippen LogP contribution is -2.45. The van der Waals surface area contributed by atoms with Crippen molar-refractivity contribution in [3.8, 4) is 0 Å². The van der Waals surface area contributed by atoms with E-state index in [0.29, 0.717) is 18.7 Å². The third kappa shape index (κ3) is 2.57. The maximum absolute atomic E-state index is 11.4. The summed E-state index contributed by atoms with van der Waals surface area (Å²) in [7, 11) is 0. The molecule has 0 aliphatic heterocycles. The van der Waals surface area contributed by atoms with Gasteiger partial charge in [0.1, 0.15) is 11.1 Å². The quantitative estimate of drug-likeness (QED) is 0.830. The molecule has 2 rings (SSSR count). The van der Waals surface area contributed by atoms with Crippen LogP contribution >= 0.6 is 0 Å². The van der Waals surface area contributed by atoms with Crippen LogP contribution in [0.1, 0.15) is 65.1 Å². The minimum absolute atomic E-state index is 0.131. The van der Waals surface area contributed by atoms with Crippen LogP contribution in [0.5, 0.6) is 0 Å². The van der Waals surface area contributed by atoms with Crippen molar-refractivity contribution in [1.82, 2.24) is 15.5 Å². The van der Waals surface area contributed by atoms with Crippen molar-refractivity contribution in [2.45, 2.75) is 64.5 Å². The molecule has 1 saturated carbocycles. The first kappa shape index (κ1) is 15.0. The molecule has 1 fully saturated rings. The Morgan fingerprint density at radius 3 is 2.50 bits per heavy atom. The van der Waals surface area contributed by atoms with Crippen molar-refractivity contribution in [3.63, 3.8) is 0 Å². The summed E-state index contributed by atoms with van der Waals surface area (Å²) >= 11 is 0. The third-order valence-electron chi connectivity index (χ3n) is 4.28. The molecule has 1 aromatic heterocycles. The van der Waals surface area contributed by atoms with E-state index in [1.165, 1.54) is 6.92 Å². The molecule has 1 heterocycles. The molecule has 2 N–H and O–H groups in total. The Labute approximate surface area is 118 Å². The van der Waals surface area contributed by atoms with E-state index in [9.17, 15) is 9.90 Å². The van der Waals surface area contributed by atoms with E-state index in [4.69, 9.17) is 4.52 Å². The Hall–Kier alpha value is -1.43. The van der Waals surface area contributed by atoms with Gasteiger partial charge in [0.25, 0.3) is 5.89 Å². The van der Waals surface area contributed by atoms with Gasteiger partial charge in [-0.05, 0) is 38.5 Å². The number of aromatic nitrogens is 2. The highest BCUT2D eigenvalue weighted by Gasteiger charge is 2.46. The third-order valence-corrected chi connectivity index (χ3v) is 4.28. The minimum atomic E-state index is -1.07. The second-order valence-corrected chi connectivity index (χ2v) is 5.82. The SMILES string of the molecule is CCC(CC)(NC(C)=O)c1noc(C(C)(O)C2CC2)n1. The molecule has 6 heteroatoms. The first-order chi connectivity index (χ1) is 9.35. The summed E-state index contributed by atoms with van der Waals surface area (Å²) in [6.45, 7) is 7.12. The molecule has 1 aromatic rings. The predicted octanol–water partition coefficient (Wildman–Crippen LogP) is 1.84.